The van der Waals surface area contributed by atoms with Crippen molar-refractivity contribution in [3.05, 3.63) is 29.8 Å². The quantitative estimate of drug-likeness (QED) is 0.674. The van der Waals surface area contributed by atoms with Gasteiger partial charge in [-0.2, -0.15) is 0 Å². The zero-order valence-electron chi connectivity index (χ0n) is 11.6. The summed E-state index contributed by atoms with van der Waals surface area (Å²) in [6, 6.07) is 5.12. The van der Waals surface area contributed by atoms with Gasteiger partial charge in [-0.1, -0.05) is 0 Å². The molecule has 1 aliphatic rings. The van der Waals surface area contributed by atoms with E-state index >= 15 is 0 Å². The van der Waals surface area contributed by atoms with E-state index in [1.807, 2.05) is 0 Å². The van der Waals surface area contributed by atoms with Gasteiger partial charge in [0, 0.05) is 19.8 Å². The van der Waals surface area contributed by atoms with Crippen LogP contribution in [0.1, 0.15) is 29.6 Å². The van der Waals surface area contributed by atoms with Crippen LogP contribution in [0.15, 0.2) is 29.2 Å². The highest BCUT2D eigenvalue weighted by molar-refractivity contribution is 7.89. The molecule has 2 rings (SSSR count). The average molecular weight is 313 g/mol. The standard InChI is InChI=1S/C14H19NO5S/c16-14(17)12-4-6-13(7-5-12)21(18,19)15-8-1-9-20-10-11-2-3-11/h4-7,11,15H,1-3,8-10H2,(H,16,17). The molecule has 1 aromatic rings. The number of carboxylic acids is 1. The SMILES string of the molecule is O=C(O)c1ccc(S(=O)(=O)NCCCOCC2CC2)cc1. The smallest absolute Gasteiger partial charge is 0.335 e. The lowest BCUT2D eigenvalue weighted by Crippen LogP contribution is -2.25. The number of aromatic carboxylic acids is 1. The van der Waals surface area contributed by atoms with Crippen LogP contribution in [0, 0.1) is 5.92 Å². The van der Waals surface area contributed by atoms with Crippen LogP contribution < -0.4 is 4.72 Å². The lowest BCUT2D eigenvalue weighted by molar-refractivity contribution is 0.0696. The van der Waals surface area contributed by atoms with Crippen molar-refractivity contribution in [1.82, 2.24) is 4.72 Å². The van der Waals surface area contributed by atoms with E-state index in [0.717, 1.165) is 6.61 Å². The van der Waals surface area contributed by atoms with E-state index in [1.165, 1.54) is 37.1 Å². The normalized spacial score (nSPS) is 15.0. The number of carbonyl (C=O) groups is 1. The summed E-state index contributed by atoms with van der Waals surface area (Å²) in [6.45, 7) is 1.61. The zero-order valence-corrected chi connectivity index (χ0v) is 12.4. The Morgan fingerprint density at radius 2 is 1.95 bits per heavy atom. The molecule has 0 aliphatic heterocycles. The molecule has 6 nitrogen and oxygen atoms in total. The predicted molar refractivity (Wildman–Crippen MR) is 76.7 cm³/mol. The van der Waals surface area contributed by atoms with Crippen LogP contribution in [0.3, 0.4) is 0 Å². The Bertz CT molecular complexity index is 578. The van der Waals surface area contributed by atoms with Gasteiger partial charge in [0.15, 0.2) is 0 Å². The first-order valence-electron chi connectivity index (χ1n) is 6.90. The highest BCUT2D eigenvalue weighted by Gasteiger charge is 2.21. The third-order valence-electron chi connectivity index (χ3n) is 3.22. The molecule has 0 heterocycles. The monoisotopic (exact) mass is 313 g/mol. The average Bonchev–Trinajstić information content (AvgIpc) is 3.27. The van der Waals surface area contributed by atoms with Crippen molar-refractivity contribution in [2.75, 3.05) is 19.8 Å². The van der Waals surface area contributed by atoms with Crippen LogP contribution in [-0.4, -0.2) is 39.3 Å². The van der Waals surface area contributed by atoms with Crippen LogP contribution in [0.2, 0.25) is 0 Å². The van der Waals surface area contributed by atoms with E-state index in [-0.39, 0.29) is 10.5 Å². The maximum Gasteiger partial charge on any atom is 0.335 e. The molecule has 0 saturated heterocycles. The number of hydrogen-bond donors (Lipinski definition) is 2. The number of sulfonamides is 1. The first-order chi connectivity index (χ1) is 9.99. The van der Waals surface area contributed by atoms with Gasteiger partial charge in [-0.05, 0) is 49.4 Å². The Labute approximate surface area is 124 Å². The Balaban J connectivity index is 1.75. The molecule has 116 valence electrons. The fourth-order valence-corrected chi connectivity index (χ4v) is 2.85. The van der Waals surface area contributed by atoms with Gasteiger partial charge in [0.05, 0.1) is 10.5 Å². The fourth-order valence-electron chi connectivity index (χ4n) is 1.78. The minimum atomic E-state index is -3.59. The molecule has 0 spiro atoms. The molecule has 1 aromatic carbocycles. The van der Waals surface area contributed by atoms with Gasteiger partial charge in [-0.15, -0.1) is 0 Å². The van der Waals surface area contributed by atoms with E-state index in [4.69, 9.17) is 9.84 Å². The molecule has 0 bridgehead atoms. The summed E-state index contributed by atoms with van der Waals surface area (Å²) in [5.41, 5.74) is 0.0578. The summed E-state index contributed by atoms with van der Waals surface area (Å²) in [7, 11) is -3.59. The van der Waals surface area contributed by atoms with Gasteiger partial charge in [0.25, 0.3) is 0 Å². The van der Waals surface area contributed by atoms with Crippen molar-refractivity contribution in [2.24, 2.45) is 5.92 Å². The van der Waals surface area contributed by atoms with Gasteiger partial charge in [-0.3, -0.25) is 0 Å². The molecule has 1 fully saturated rings. The van der Waals surface area contributed by atoms with Crippen molar-refractivity contribution in [3.63, 3.8) is 0 Å². The van der Waals surface area contributed by atoms with E-state index in [9.17, 15) is 13.2 Å². The third kappa shape index (κ3) is 5.11. The lowest BCUT2D eigenvalue weighted by Gasteiger charge is -2.07. The van der Waals surface area contributed by atoms with Gasteiger partial charge >= 0.3 is 5.97 Å². The maximum atomic E-state index is 12.0. The molecular weight excluding hydrogens is 294 g/mol. The van der Waals surface area contributed by atoms with Gasteiger partial charge in [-0.25, -0.2) is 17.9 Å². The summed E-state index contributed by atoms with van der Waals surface area (Å²) >= 11 is 0. The second kappa shape index (κ2) is 7.02. The molecule has 1 saturated carbocycles. The number of hydrogen-bond acceptors (Lipinski definition) is 4. The van der Waals surface area contributed by atoms with Crippen molar-refractivity contribution in [2.45, 2.75) is 24.2 Å². The summed E-state index contributed by atoms with van der Waals surface area (Å²) in [5.74, 6) is -0.380. The molecule has 0 radical (unpaired) electrons. The first-order valence-corrected chi connectivity index (χ1v) is 8.38. The molecular formula is C14H19NO5S. The number of rotatable bonds is 9. The molecule has 0 atom stereocenters. The van der Waals surface area contributed by atoms with Crippen LogP contribution in [-0.2, 0) is 14.8 Å². The van der Waals surface area contributed by atoms with E-state index < -0.39 is 16.0 Å². The predicted octanol–water partition coefficient (Wildman–Crippen LogP) is 1.48. The van der Waals surface area contributed by atoms with Crippen LogP contribution in [0.4, 0.5) is 0 Å². The molecule has 21 heavy (non-hydrogen) atoms. The van der Waals surface area contributed by atoms with Crippen molar-refractivity contribution >= 4 is 16.0 Å². The topological polar surface area (TPSA) is 92.7 Å². The molecule has 2 N–H and O–H groups in total. The summed E-state index contributed by atoms with van der Waals surface area (Å²) < 4.78 is 31.8. The summed E-state index contributed by atoms with van der Waals surface area (Å²) in [5, 5.41) is 8.77. The Kier molecular flexibility index (Phi) is 5.33. The summed E-state index contributed by atoms with van der Waals surface area (Å²) in [6.07, 6.45) is 3.08. The Hall–Kier alpha value is -1.44. The number of carboxylic acid groups (broad SMARTS) is 1. The number of ether oxygens (including phenoxy) is 1. The van der Waals surface area contributed by atoms with E-state index in [2.05, 4.69) is 4.72 Å². The minimum absolute atomic E-state index is 0.0578. The molecule has 7 heteroatoms. The maximum absolute atomic E-state index is 12.0. The third-order valence-corrected chi connectivity index (χ3v) is 4.70. The number of benzene rings is 1. The lowest BCUT2D eigenvalue weighted by atomic mass is 10.2. The molecule has 0 amide bonds. The van der Waals surface area contributed by atoms with Crippen LogP contribution in [0.5, 0.6) is 0 Å². The largest absolute Gasteiger partial charge is 0.478 e. The highest BCUT2D eigenvalue weighted by Crippen LogP contribution is 2.28. The van der Waals surface area contributed by atoms with Crippen molar-refractivity contribution in [1.29, 1.82) is 0 Å². The Morgan fingerprint density at radius 3 is 2.52 bits per heavy atom. The fraction of sp³-hybridized carbons (Fsp3) is 0.500. The van der Waals surface area contributed by atoms with E-state index in [1.54, 1.807) is 0 Å². The minimum Gasteiger partial charge on any atom is -0.478 e. The molecule has 0 aromatic heterocycles. The van der Waals surface area contributed by atoms with Gasteiger partial charge in [0.2, 0.25) is 10.0 Å². The van der Waals surface area contributed by atoms with Crippen molar-refractivity contribution in [3.8, 4) is 0 Å². The van der Waals surface area contributed by atoms with Gasteiger partial charge < -0.3 is 9.84 Å². The second-order valence-electron chi connectivity index (χ2n) is 5.10. The molecule has 1 aliphatic carbocycles. The first kappa shape index (κ1) is 15.9. The number of nitrogens with one attached hydrogen (secondary N) is 1. The van der Waals surface area contributed by atoms with Crippen molar-refractivity contribution < 1.29 is 23.1 Å². The van der Waals surface area contributed by atoms with E-state index in [0.29, 0.717) is 25.5 Å². The zero-order chi connectivity index (χ0) is 15.3. The van der Waals surface area contributed by atoms with Crippen LogP contribution >= 0.6 is 0 Å². The summed E-state index contributed by atoms with van der Waals surface area (Å²) in [4.78, 5) is 10.8. The molecule has 0 unspecified atom stereocenters. The Morgan fingerprint density at radius 1 is 1.29 bits per heavy atom. The highest BCUT2D eigenvalue weighted by atomic mass is 32.2. The van der Waals surface area contributed by atoms with Crippen LogP contribution in [0.25, 0.3) is 0 Å². The second-order valence-corrected chi connectivity index (χ2v) is 6.87. The van der Waals surface area contributed by atoms with Gasteiger partial charge in [0.1, 0.15) is 0 Å².